The Morgan fingerprint density at radius 1 is 0.526 bits per heavy atom. The Bertz CT molecular complexity index is 2230. The van der Waals surface area contributed by atoms with Crippen molar-refractivity contribution in [1.29, 1.82) is 5.41 Å². The van der Waals surface area contributed by atoms with Crippen LogP contribution in [0.3, 0.4) is 0 Å². The molecule has 0 aromatic heterocycles. The molecule has 22 N–H and O–H groups in total. The van der Waals surface area contributed by atoms with Crippen molar-refractivity contribution in [1.82, 2.24) is 47.9 Å². The highest BCUT2D eigenvalue weighted by Gasteiger charge is 2.36. The van der Waals surface area contributed by atoms with Gasteiger partial charge in [-0.3, -0.25) is 62.9 Å². The number of carbonyl (C=O) groups excluding carboxylic acids is 10. The molecule has 76 heavy (non-hydrogen) atoms. The van der Waals surface area contributed by atoms with Crippen LogP contribution in [0.25, 0.3) is 0 Å². The van der Waals surface area contributed by atoms with Gasteiger partial charge in [0.05, 0.1) is 12.6 Å². The number of carboxylic acid groups (broad SMARTS) is 2. The molecule has 10 amide bonds. The summed E-state index contributed by atoms with van der Waals surface area (Å²) in [5.41, 5.74) is 22.4. The van der Waals surface area contributed by atoms with Gasteiger partial charge in [-0.15, -0.1) is 0 Å². The zero-order valence-corrected chi connectivity index (χ0v) is 42.9. The van der Waals surface area contributed by atoms with E-state index in [1.807, 2.05) is 0 Å². The van der Waals surface area contributed by atoms with Crippen LogP contribution in [-0.2, 0) is 64.0 Å². The zero-order valence-electron chi connectivity index (χ0n) is 42.9. The molecule has 0 saturated heterocycles. The lowest BCUT2D eigenvalue weighted by Gasteiger charge is -2.28. The average Bonchev–Trinajstić information content (AvgIpc) is 3.33. The van der Waals surface area contributed by atoms with E-state index in [2.05, 4.69) is 47.9 Å². The predicted molar refractivity (Wildman–Crippen MR) is 268 cm³/mol. The van der Waals surface area contributed by atoms with Crippen molar-refractivity contribution in [3.63, 3.8) is 0 Å². The molecule has 1 aromatic rings. The summed E-state index contributed by atoms with van der Waals surface area (Å²) in [5.74, 6) is -14.6. The molecule has 0 fully saturated rings. The van der Waals surface area contributed by atoms with Gasteiger partial charge in [0.2, 0.25) is 59.1 Å². The fourth-order valence-electron chi connectivity index (χ4n) is 6.80. The topological polar surface area (TPSA) is 522 Å². The van der Waals surface area contributed by atoms with Crippen LogP contribution in [0, 0.1) is 17.2 Å². The molecule has 424 valence electrons. The number of guanidine groups is 1. The number of carbonyl (C=O) groups is 12. The number of benzene rings is 1. The fraction of sp³-hybridized carbons (Fsp3) is 0.587. The molecule has 0 heterocycles. The molecule has 0 aliphatic rings. The minimum atomic E-state index is -1.83. The fourth-order valence-corrected chi connectivity index (χ4v) is 6.80. The van der Waals surface area contributed by atoms with Crippen molar-refractivity contribution >= 4 is 77.0 Å². The Hall–Kier alpha value is -8.15. The van der Waals surface area contributed by atoms with Gasteiger partial charge >= 0.3 is 11.9 Å². The lowest BCUT2D eigenvalue weighted by molar-refractivity contribution is -0.142. The molecule has 0 radical (unpaired) electrons. The molecule has 0 bridgehead atoms. The number of aromatic hydroxyl groups is 1. The Labute approximate surface area is 437 Å². The van der Waals surface area contributed by atoms with Crippen LogP contribution in [0.15, 0.2) is 24.3 Å². The highest BCUT2D eigenvalue weighted by Crippen LogP contribution is 2.14. The Morgan fingerprint density at radius 2 is 0.934 bits per heavy atom. The number of hydrogen-bond acceptors (Lipinski definition) is 16. The molecule has 30 heteroatoms. The van der Waals surface area contributed by atoms with E-state index in [4.69, 9.17) is 28.3 Å². The molecule has 9 atom stereocenters. The van der Waals surface area contributed by atoms with E-state index in [1.54, 1.807) is 13.8 Å². The Balaban J connectivity index is 3.66. The predicted octanol–water partition coefficient (Wildman–Crippen LogP) is -5.79. The number of phenolic OH excluding ortho intramolecular Hbond substituents is 1. The normalized spacial score (nSPS) is 14.5. The number of aliphatic hydroxyl groups is 1. The van der Waals surface area contributed by atoms with Crippen molar-refractivity contribution in [2.45, 2.75) is 147 Å². The van der Waals surface area contributed by atoms with Gasteiger partial charge < -0.3 is 91.2 Å². The highest BCUT2D eigenvalue weighted by atomic mass is 16.4. The molecule has 1 rings (SSSR count). The smallest absolute Gasteiger partial charge is 0.325 e. The van der Waals surface area contributed by atoms with E-state index in [-0.39, 0.29) is 42.6 Å². The van der Waals surface area contributed by atoms with Crippen LogP contribution in [0.5, 0.6) is 5.75 Å². The average molecular weight is 1080 g/mol. The first kappa shape index (κ1) is 65.9. The molecular weight excluding hydrogens is 1000 g/mol. The second-order valence-electron chi connectivity index (χ2n) is 18.4. The van der Waals surface area contributed by atoms with Gasteiger partial charge in [-0.25, -0.2) is 0 Å². The van der Waals surface area contributed by atoms with Crippen molar-refractivity contribution in [3.05, 3.63) is 29.8 Å². The summed E-state index contributed by atoms with van der Waals surface area (Å²) in [4.78, 5) is 156. The first-order valence-corrected chi connectivity index (χ1v) is 24.1. The van der Waals surface area contributed by atoms with Gasteiger partial charge in [-0.2, -0.15) is 0 Å². The number of nitrogens with one attached hydrogen (secondary N) is 10. The number of amides is 10. The third-order valence-corrected chi connectivity index (χ3v) is 11.3. The van der Waals surface area contributed by atoms with Crippen molar-refractivity contribution in [3.8, 4) is 5.75 Å². The van der Waals surface area contributed by atoms with Crippen molar-refractivity contribution < 1.29 is 78.0 Å². The molecule has 0 aliphatic carbocycles. The summed E-state index contributed by atoms with van der Waals surface area (Å²) in [6.45, 7) is 6.52. The quantitative estimate of drug-likeness (QED) is 0.0171. The number of hydrogen-bond donors (Lipinski definition) is 18. The maximum atomic E-state index is 14.2. The lowest BCUT2D eigenvalue weighted by Crippen LogP contribution is -2.61. The number of aliphatic carboxylic acids is 2. The molecule has 0 unspecified atom stereocenters. The van der Waals surface area contributed by atoms with Crippen LogP contribution in [0.4, 0.5) is 0 Å². The number of primary amides is 2. The number of nitrogens with two attached hydrogens (primary N) is 4. The van der Waals surface area contributed by atoms with Crippen LogP contribution >= 0.6 is 0 Å². The summed E-state index contributed by atoms with van der Waals surface area (Å²) in [6, 6.07) is -8.71. The van der Waals surface area contributed by atoms with Crippen LogP contribution in [0.2, 0.25) is 0 Å². The summed E-state index contributed by atoms with van der Waals surface area (Å²) in [6.07, 6.45) is -3.77. The van der Waals surface area contributed by atoms with E-state index in [9.17, 15) is 78.0 Å². The lowest BCUT2D eigenvalue weighted by atomic mass is 10.0. The van der Waals surface area contributed by atoms with Gasteiger partial charge in [0.1, 0.15) is 54.1 Å². The summed E-state index contributed by atoms with van der Waals surface area (Å²) in [5, 5.41) is 67.5. The van der Waals surface area contributed by atoms with Gasteiger partial charge in [-0.1, -0.05) is 39.8 Å². The third-order valence-electron chi connectivity index (χ3n) is 11.3. The monoisotopic (exact) mass is 1080 g/mol. The first-order valence-electron chi connectivity index (χ1n) is 24.1. The zero-order chi connectivity index (χ0) is 58.0. The van der Waals surface area contributed by atoms with Gasteiger partial charge in [-0.05, 0) is 68.6 Å². The van der Waals surface area contributed by atoms with Crippen molar-refractivity contribution in [2.24, 2.45) is 34.8 Å². The van der Waals surface area contributed by atoms with Crippen molar-refractivity contribution in [2.75, 3.05) is 13.2 Å². The van der Waals surface area contributed by atoms with E-state index in [0.29, 0.717) is 0 Å². The molecule has 0 aliphatic heterocycles. The number of phenols is 1. The maximum Gasteiger partial charge on any atom is 0.325 e. The van der Waals surface area contributed by atoms with Gasteiger partial charge in [0.15, 0.2) is 5.96 Å². The van der Waals surface area contributed by atoms with Crippen LogP contribution < -0.4 is 70.8 Å². The van der Waals surface area contributed by atoms with Gasteiger partial charge in [0.25, 0.3) is 0 Å². The summed E-state index contributed by atoms with van der Waals surface area (Å²) in [7, 11) is 0. The highest BCUT2D eigenvalue weighted by molar-refractivity contribution is 5.98. The Kier molecular flexibility index (Phi) is 28.5. The number of carboxylic acids is 2. The standard InChI is InChI=1S/C46H74N14O16/c1-21(2)35(49)43(73)57-26(7-6-18-52-46(50)51)37(67)54-27(12-15-32(47)63)38(68)55-28(13-16-33(48)64)39(69)58-30(19-24-8-10-25(62)11-9-24)41(71)56-29(14-17-34(65)66)40(70)59-31(20-61)42(72)60-36(22(3)4)44(74)53-23(5)45(75)76/h8-11,21-23,26-31,35-36,61-62H,6-7,12-20,49H2,1-5H3,(H2,47,63)(H2,48,64)(H,53,74)(H,54,67)(H,55,68)(H,56,71)(H,57,73)(H,58,69)(H,59,70)(H,60,72)(H,65,66)(H,75,76)(H4,50,51,52)/t23-,26-,27-,28-,29-,30-,31-,35-,36-/m0/s1. The van der Waals surface area contributed by atoms with E-state index >= 15 is 0 Å². The van der Waals surface area contributed by atoms with Crippen LogP contribution in [-0.4, -0.2) is 165 Å². The largest absolute Gasteiger partial charge is 0.508 e. The minimum Gasteiger partial charge on any atom is -0.508 e. The molecule has 0 spiro atoms. The van der Waals surface area contributed by atoms with E-state index in [0.717, 1.165) is 0 Å². The maximum absolute atomic E-state index is 14.2. The Morgan fingerprint density at radius 3 is 1.34 bits per heavy atom. The van der Waals surface area contributed by atoms with E-state index < -0.39 is 183 Å². The third kappa shape index (κ3) is 24.7. The summed E-state index contributed by atoms with van der Waals surface area (Å²) < 4.78 is 0. The molecule has 30 nitrogen and oxygen atoms in total. The molecular formula is C46H74N14O16. The second kappa shape index (κ2) is 32.9. The first-order chi connectivity index (χ1) is 35.5. The summed E-state index contributed by atoms with van der Waals surface area (Å²) >= 11 is 0. The minimum absolute atomic E-state index is 0.0764. The SMILES string of the molecule is CC(C)[C@H](N)C(=O)N[C@@H](CCCNC(=N)N)C(=O)N[C@@H](CCC(N)=O)C(=O)N[C@@H](CCC(N)=O)C(=O)N[C@@H](Cc1ccc(O)cc1)C(=O)N[C@@H](CCC(=O)O)C(=O)N[C@@H](CO)C(=O)N[C@H](C(=O)N[C@@H](C)C(=O)O)C(C)C. The number of rotatable bonds is 35. The second-order valence-corrected chi connectivity index (χ2v) is 18.4. The van der Waals surface area contributed by atoms with E-state index in [1.165, 1.54) is 45.0 Å². The van der Waals surface area contributed by atoms with Gasteiger partial charge in [0, 0.05) is 32.2 Å². The van der Waals surface area contributed by atoms with Crippen LogP contribution in [0.1, 0.15) is 91.5 Å². The molecule has 0 saturated carbocycles. The number of aliphatic hydroxyl groups excluding tert-OH is 1. The molecule has 1 aromatic carbocycles.